The normalized spacial score (nSPS) is 12.1. The van der Waals surface area contributed by atoms with Crippen LogP contribution in [0.4, 0.5) is 4.39 Å². The van der Waals surface area contributed by atoms with Crippen LogP contribution < -0.4 is 5.32 Å². The van der Waals surface area contributed by atoms with Crippen molar-refractivity contribution in [3.05, 3.63) is 58.6 Å². The van der Waals surface area contributed by atoms with E-state index in [1.165, 1.54) is 19.4 Å². The summed E-state index contributed by atoms with van der Waals surface area (Å²) in [5.74, 6) is -0.992. The second-order valence-corrected chi connectivity index (χ2v) is 6.89. The Morgan fingerprint density at radius 2 is 2.11 bits per heavy atom. The summed E-state index contributed by atoms with van der Waals surface area (Å²) >= 11 is 1.11. The number of methoxy groups -OCH3 is 1. The Morgan fingerprint density at radius 1 is 1.30 bits per heavy atom. The number of benzene rings is 1. The monoisotopic (exact) mass is 391 g/mol. The summed E-state index contributed by atoms with van der Waals surface area (Å²) in [5, 5.41) is 3.01. The van der Waals surface area contributed by atoms with Gasteiger partial charge in [-0.1, -0.05) is 6.07 Å². The number of nitrogens with one attached hydrogen (secondary N) is 1. The Labute approximate surface area is 158 Å². The third-order valence-corrected chi connectivity index (χ3v) is 5.10. The van der Waals surface area contributed by atoms with Crippen LogP contribution in [0.15, 0.2) is 41.0 Å². The van der Waals surface area contributed by atoms with Crippen molar-refractivity contribution >= 4 is 33.3 Å². The molecule has 0 aliphatic rings. The van der Waals surface area contributed by atoms with E-state index in [0.29, 0.717) is 21.4 Å². The first-order valence-electron chi connectivity index (χ1n) is 8.20. The van der Waals surface area contributed by atoms with Gasteiger partial charge >= 0.3 is 5.97 Å². The van der Waals surface area contributed by atoms with Gasteiger partial charge in [0.05, 0.1) is 18.9 Å². The van der Waals surface area contributed by atoms with Gasteiger partial charge in [-0.3, -0.25) is 4.79 Å². The number of carbonyl (C=O) groups is 2. The fraction of sp³-hybridized carbons (Fsp3) is 0.263. The van der Waals surface area contributed by atoms with Crippen LogP contribution in [0.2, 0.25) is 0 Å². The lowest BCUT2D eigenvalue weighted by Gasteiger charge is -2.11. The van der Waals surface area contributed by atoms with Crippen LogP contribution in [0.1, 0.15) is 34.0 Å². The SMILES string of the molecule is COCc1c(C(=O)OCC(=O)N[C@@H](C)c2ccco2)sc2cccc(F)c12. The number of ether oxygens (including phenoxy) is 2. The predicted molar refractivity (Wildman–Crippen MR) is 98.0 cm³/mol. The van der Waals surface area contributed by atoms with Gasteiger partial charge in [0.25, 0.3) is 5.91 Å². The molecule has 142 valence electrons. The first-order chi connectivity index (χ1) is 13.0. The van der Waals surface area contributed by atoms with Crippen molar-refractivity contribution in [1.82, 2.24) is 5.32 Å². The van der Waals surface area contributed by atoms with Gasteiger partial charge < -0.3 is 19.2 Å². The van der Waals surface area contributed by atoms with Gasteiger partial charge in [-0.2, -0.15) is 0 Å². The molecule has 3 aromatic rings. The molecule has 0 saturated carbocycles. The molecule has 27 heavy (non-hydrogen) atoms. The van der Waals surface area contributed by atoms with Crippen molar-refractivity contribution in [2.45, 2.75) is 19.6 Å². The minimum atomic E-state index is -0.691. The zero-order valence-electron chi connectivity index (χ0n) is 14.8. The molecule has 0 aliphatic heterocycles. The summed E-state index contributed by atoms with van der Waals surface area (Å²) in [6.07, 6.45) is 1.51. The number of carbonyl (C=O) groups excluding carboxylic acids is 2. The number of esters is 1. The van der Waals surface area contributed by atoms with Crippen LogP contribution in [0.5, 0.6) is 0 Å². The molecule has 1 amide bonds. The molecule has 0 spiro atoms. The van der Waals surface area contributed by atoms with Crippen molar-refractivity contribution in [3.63, 3.8) is 0 Å². The first-order valence-corrected chi connectivity index (χ1v) is 9.01. The predicted octanol–water partition coefficient (Wildman–Crippen LogP) is 3.81. The smallest absolute Gasteiger partial charge is 0.349 e. The van der Waals surface area contributed by atoms with Crippen LogP contribution in [0.25, 0.3) is 10.1 Å². The molecule has 6 nitrogen and oxygen atoms in total. The Morgan fingerprint density at radius 3 is 2.81 bits per heavy atom. The highest BCUT2D eigenvalue weighted by molar-refractivity contribution is 7.21. The number of furan rings is 1. The number of amides is 1. The lowest BCUT2D eigenvalue weighted by molar-refractivity contribution is -0.125. The third kappa shape index (κ3) is 4.17. The van der Waals surface area contributed by atoms with Gasteiger partial charge in [0.2, 0.25) is 0 Å². The van der Waals surface area contributed by atoms with Crippen molar-refractivity contribution < 1.29 is 27.9 Å². The molecule has 1 N–H and O–H groups in total. The maximum Gasteiger partial charge on any atom is 0.349 e. The van der Waals surface area contributed by atoms with Crippen molar-refractivity contribution in [3.8, 4) is 0 Å². The van der Waals surface area contributed by atoms with Crippen molar-refractivity contribution in [2.24, 2.45) is 0 Å². The Kier molecular flexibility index (Phi) is 5.88. The summed E-state index contributed by atoms with van der Waals surface area (Å²) in [6.45, 7) is 1.37. The summed E-state index contributed by atoms with van der Waals surface area (Å²) in [4.78, 5) is 24.7. The molecule has 2 aromatic heterocycles. The number of fused-ring (bicyclic) bond motifs is 1. The second-order valence-electron chi connectivity index (χ2n) is 5.84. The maximum atomic E-state index is 14.2. The third-order valence-electron chi connectivity index (χ3n) is 3.92. The largest absolute Gasteiger partial charge is 0.467 e. The molecule has 1 atom stereocenters. The molecule has 0 radical (unpaired) electrons. The number of rotatable bonds is 7. The van der Waals surface area contributed by atoms with E-state index in [9.17, 15) is 14.0 Å². The minimum absolute atomic E-state index is 0.0626. The van der Waals surface area contributed by atoms with E-state index < -0.39 is 24.3 Å². The van der Waals surface area contributed by atoms with E-state index in [0.717, 1.165) is 11.3 Å². The summed E-state index contributed by atoms with van der Waals surface area (Å²) in [5.41, 5.74) is 0.421. The zero-order chi connectivity index (χ0) is 19.4. The molecule has 0 aliphatic carbocycles. The highest BCUT2D eigenvalue weighted by atomic mass is 32.1. The van der Waals surface area contributed by atoms with Crippen LogP contribution in [0.3, 0.4) is 0 Å². The van der Waals surface area contributed by atoms with Gasteiger partial charge in [0.15, 0.2) is 6.61 Å². The second kappa shape index (κ2) is 8.32. The summed E-state index contributed by atoms with van der Waals surface area (Å²) < 4.78 is 30.2. The van der Waals surface area contributed by atoms with E-state index >= 15 is 0 Å². The topological polar surface area (TPSA) is 77.8 Å². The lowest BCUT2D eigenvalue weighted by Crippen LogP contribution is -2.31. The highest BCUT2D eigenvalue weighted by Crippen LogP contribution is 2.34. The van der Waals surface area contributed by atoms with Gasteiger partial charge in [-0.05, 0) is 31.2 Å². The maximum absolute atomic E-state index is 14.2. The molecule has 2 heterocycles. The van der Waals surface area contributed by atoms with Gasteiger partial charge in [0, 0.05) is 22.8 Å². The van der Waals surface area contributed by atoms with E-state index in [-0.39, 0.29) is 17.5 Å². The number of thiophene rings is 1. The van der Waals surface area contributed by atoms with Gasteiger partial charge in [-0.15, -0.1) is 11.3 Å². The average molecular weight is 391 g/mol. The number of halogens is 1. The van der Waals surface area contributed by atoms with Gasteiger partial charge in [-0.25, -0.2) is 9.18 Å². The highest BCUT2D eigenvalue weighted by Gasteiger charge is 2.23. The molecular formula is C19H18FNO5S. The minimum Gasteiger partial charge on any atom is -0.467 e. The van der Waals surface area contributed by atoms with E-state index in [1.807, 2.05) is 0 Å². The van der Waals surface area contributed by atoms with Crippen LogP contribution in [-0.2, 0) is 20.9 Å². The molecule has 0 unspecified atom stereocenters. The molecule has 8 heteroatoms. The van der Waals surface area contributed by atoms with Crippen molar-refractivity contribution in [1.29, 1.82) is 0 Å². The molecule has 1 aromatic carbocycles. The van der Waals surface area contributed by atoms with Gasteiger partial charge in [0.1, 0.15) is 16.5 Å². The Hall–Kier alpha value is -2.71. The fourth-order valence-corrected chi connectivity index (χ4v) is 3.82. The summed E-state index contributed by atoms with van der Waals surface area (Å²) in [7, 11) is 1.46. The molecular weight excluding hydrogens is 373 g/mol. The lowest BCUT2D eigenvalue weighted by atomic mass is 10.1. The fourth-order valence-electron chi connectivity index (χ4n) is 2.70. The quantitative estimate of drug-likeness (QED) is 0.620. The van der Waals surface area contributed by atoms with Crippen LogP contribution >= 0.6 is 11.3 Å². The molecule has 0 fully saturated rings. The van der Waals surface area contributed by atoms with E-state index in [1.54, 1.807) is 31.2 Å². The average Bonchev–Trinajstić information content (AvgIpc) is 3.29. The zero-order valence-corrected chi connectivity index (χ0v) is 15.6. The standard InChI is InChI=1S/C19H18FNO5S/c1-11(14-6-4-8-25-14)21-16(22)10-26-19(23)18-12(9-24-2)17-13(20)5-3-7-15(17)27-18/h3-8,11H,9-10H2,1-2H3,(H,21,22)/t11-/m0/s1. The number of hydrogen-bond donors (Lipinski definition) is 1. The Balaban J connectivity index is 1.70. The van der Waals surface area contributed by atoms with Crippen molar-refractivity contribution in [2.75, 3.05) is 13.7 Å². The van der Waals surface area contributed by atoms with Crippen LogP contribution in [0, 0.1) is 5.82 Å². The molecule has 3 rings (SSSR count). The first kappa shape index (κ1) is 19.1. The molecule has 0 bridgehead atoms. The van der Waals surface area contributed by atoms with Crippen LogP contribution in [-0.4, -0.2) is 25.6 Å². The van der Waals surface area contributed by atoms with E-state index in [2.05, 4.69) is 5.32 Å². The molecule has 0 saturated heterocycles. The number of hydrogen-bond acceptors (Lipinski definition) is 6. The van der Waals surface area contributed by atoms with E-state index in [4.69, 9.17) is 13.9 Å². The Bertz CT molecular complexity index is 951. The summed E-state index contributed by atoms with van der Waals surface area (Å²) in [6, 6.07) is 7.72.